The molecule has 1 aliphatic heterocycles. The topological polar surface area (TPSA) is 101 Å². The molecule has 0 aromatic heterocycles. The zero-order chi connectivity index (χ0) is 25.0. The number of aryl methyl sites for hydroxylation is 1. The van der Waals surface area contributed by atoms with Gasteiger partial charge in [-0.1, -0.05) is 38.4 Å². The highest BCUT2D eigenvalue weighted by Gasteiger charge is 2.26. The van der Waals surface area contributed by atoms with E-state index in [0.717, 1.165) is 30.4 Å². The molecule has 0 unspecified atom stereocenters. The van der Waals surface area contributed by atoms with Crippen LogP contribution in [0.2, 0.25) is 5.02 Å². The second kappa shape index (κ2) is 11.4. The molecular weight excluding hydrogens is 624 g/mol. The summed E-state index contributed by atoms with van der Waals surface area (Å²) >= 11 is 11.6. The maximum atomic E-state index is 11.5. The van der Waals surface area contributed by atoms with E-state index in [-0.39, 0.29) is 19.1 Å². The summed E-state index contributed by atoms with van der Waals surface area (Å²) in [5, 5.41) is 10.00. The van der Waals surface area contributed by atoms with Crippen LogP contribution in [0.1, 0.15) is 34.6 Å². The van der Waals surface area contributed by atoms with Crippen molar-refractivity contribution < 1.29 is 17.9 Å². The Morgan fingerprint density at radius 2 is 2.11 bits per heavy atom. The average Bonchev–Trinajstić information content (AvgIpc) is 3.24. The third-order valence-corrected chi connectivity index (χ3v) is 8.61. The number of rotatable bonds is 9. The van der Waals surface area contributed by atoms with E-state index in [1.54, 1.807) is 0 Å². The Bertz CT molecular complexity index is 1380. The van der Waals surface area contributed by atoms with Gasteiger partial charge in [0.05, 0.1) is 28.4 Å². The number of aliphatic imine (C=N–C) groups is 1. The van der Waals surface area contributed by atoms with E-state index in [2.05, 4.69) is 15.8 Å². The summed E-state index contributed by atoms with van der Waals surface area (Å²) in [6, 6.07) is 11.9. The highest BCUT2D eigenvalue weighted by Crippen LogP contribution is 2.42. The van der Waals surface area contributed by atoms with Crippen LogP contribution in [0.5, 0.6) is 11.5 Å². The lowest BCUT2D eigenvalue weighted by molar-refractivity contribution is 0.342. The summed E-state index contributed by atoms with van der Waals surface area (Å²) in [6.07, 6.45) is 4.77. The number of benzene rings is 2. The molecule has 1 atom stereocenters. The maximum absolute atomic E-state index is 11.5. The number of ether oxygens (including phenoxy) is 2. The van der Waals surface area contributed by atoms with E-state index in [1.165, 1.54) is 11.1 Å². The number of sulfonamides is 1. The van der Waals surface area contributed by atoms with Gasteiger partial charge in [-0.25, -0.2) is 13.4 Å². The number of nitrogens with one attached hydrogen (secondary N) is 1. The van der Waals surface area contributed by atoms with Gasteiger partial charge in [0, 0.05) is 5.92 Å². The minimum absolute atomic E-state index is 0.125. The zero-order valence-corrected chi connectivity index (χ0v) is 23.2. The molecule has 2 aromatic carbocycles. The molecule has 0 spiro atoms. The average molecular weight is 646 g/mol. The summed E-state index contributed by atoms with van der Waals surface area (Å²) in [6.45, 7) is 0.518. The van der Waals surface area contributed by atoms with E-state index in [4.69, 9.17) is 32.7 Å². The Hall–Kier alpha value is -1.97. The number of hydrogen-bond donors (Lipinski definition) is 1. The van der Waals surface area contributed by atoms with Gasteiger partial charge in [0.1, 0.15) is 25.0 Å². The second-order valence-electron chi connectivity index (χ2n) is 7.94. The number of nitrogens with zero attached hydrogens (tertiary/aromatic N) is 2. The quantitative estimate of drug-likeness (QED) is 0.310. The Morgan fingerprint density at radius 3 is 2.86 bits per heavy atom. The minimum atomic E-state index is -3.34. The molecule has 0 saturated carbocycles. The van der Waals surface area contributed by atoms with Gasteiger partial charge in [0.15, 0.2) is 9.51 Å². The Balaban J connectivity index is 1.48. The lowest BCUT2D eigenvalue weighted by Crippen LogP contribution is -2.28. The van der Waals surface area contributed by atoms with Crippen molar-refractivity contribution in [2.75, 3.05) is 25.3 Å². The van der Waals surface area contributed by atoms with E-state index in [0.29, 0.717) is 31.7 Å². The Morgan fingerprint density at radius 1 is 1.29 bits per heavy atom. The molecule has 0 fully saturated rings. The minimum Gasteiger partial charge on any atom is -0.489 e. The van der Waals surface area contributed by atoms with Gasteiger partial charge in [-0.3, -0.25) is 0 Å². The molecule has 7 nitrogen and oxygen atoms in total. The lowest BCUT2D eigenvalue weighted by atomic mass is 9.91. The van der Waals surface area contributed by atoms with E-state index in [1.807, 2.05) is 40.5 Å². The normalized spacial score (nSPS) is 17.0. The van der Waals surface area contributed by atoms with Crippen LogP contribution in [0.4, 0.5) is 0 Å². The van der Waals surface area contributed by atoms with Crippen LogP contribution in [0.3, 0.4) is 0 Å². The summed E-state index contributed by atoms with van der Waals surface area (Å²) in [5.74, 6) is 1.53. The van der Waals surface area contributed by atoms with Crippen LogP contribution < -0.4 is 14.2 Å². The smallest absolute Gasteiger partial charge is 0.214 e. The van der Waals surface area contributed by atoms with Crippen molar-refractivity contribution in [2.24, 2.45) is 4.99 Å². The summed E-state index contributed by atoms with van der Waals surface area (Å²) in [7, 11) is -3.34. The van der Waals surface area contributed by atoms with Crippen molar-refractivity contribution in [3.8, 4) is 17.6 Å². The molecule has 0 radical (unpaired) electrons. The number of nitriles is 1. The van der Waals surface area contributed by atoms with Crippen LogP contribution in [0.15, 0.2) is 45.5 Å². The molecular formula is C24H22Cl2IN3O4S. The second-order valence-corrected chi connectivity index (χ2v) is 12.8. The fourth-order valence-corrected chi connectivity index (χ4v) is 7.72. The summed E-state index contributed by atoms with van der Waals surface area (Å²) < 4.78 is 39.3. The molecule has 0 saturated heterocycles. The molecule has 4 rings (SSSR count). The molecule has 1 aliphatic carbocycles. The van der Waals surface area contributed by atoms with Crippen molar-refractivity contribution in [2.45, 2.75) is 18.8 Å². The van der Waals surface area contributed by atoms with Crippen LogP contribution in [0.25, 0.3) is 0 Å². The summed E-state index contributed by atoms with van der Waals surface area (Å²) in [5.41, 5.74) is 4.40. The standard InChI is InChI=1S/C24H22Cl2IN3O4S/c1-35(31,32)30-24-27-8-6-18(29-24)14-34-19-3-5-20-15(11-19)2-4-21(20)16-10-17(13-28)23(22(26)12-16)33-9-7-25/h3,5-6,8,10-12,21H,2,4,7,9,14H2,1H3,(H,29,30)/t21-/m1/s1. The largest absolute Gasteiger partial charge is 0.489 e. The van der Waals surface area contributed by atoms with Crippen LogP contribution in [-0.2, 0) is 16.4 Å². The highest BCUT2D eigenvalue weighted by molar-refractivity contribution is 14.2. The van der Waals surface area contributed by atoms with Gasteiger partial charge in [0.2, 0.25) is 10.0 Å². The fourth-order valence-electron chi connectivity index (χ4n) is 4.00. The van der Waals surface area contributed by atoms with Crippen LogP contribution >= 0.6 is 43.9 Å². The molecule has 184 valence electrons. The first-order valence-corrected chi connectivity index (χ1v) is 15.8. The van der Waals surface area contributed by atoms with Crippen LogP contribution in [-0.4, -0.2) is 43.2 Å². The maximum Gasteiger partial charge on any atom is 0.214 e. The molecule has 0 amide bonds. The molecule has 11 heteroatoms. The molecule has 2 aliphatic rings. The van der Waals surface area contributed by atoms with Crippen molar-refractivity contribution in [3.05, 3.63) is 67.8 Å². The van der Waals surface area contributed by atoms with Crippen molar-refractivity contribution >= 4 is 63.4 Å². The van der Waals surface area contributed by atoms with Gasteiger partial charge in [-0.2, -0.15) is 9.98 Å². The zero-order valence-electron chi connectivity index (χ0n) is 18.7. The molecule has 1 heterocycles. The Labute approximate surface area is 224 Å². The highest BCUT2D eigenvalue weighted by atomic mass is 127. The first-order chi connectivity index (χ1) is 16.8. The number of fused-ring (bicyclic) bond motifs is 1. The number of hydrogen-bond acceptors (Lipinski definition) is 6. The monoisotopic (exact) mass is 645 g/mol. The third-order valence-electron chi connectivity index (χ3n) is 5.42. The van der Waals surface area contributed by atoms with Gasteiger partial charge in [-0.15, -0.1) is 11.6 Å². The van der Waals surface area contributed by atoms with E-state index >= 15 is 0 Å². The van der Waals surface area contributed by atoms with E-state index in [9.17, 15) is 13.7 Å². The van der Waals surface area contributed by atoms with E-state index < -0.39 is 30.8 Å². The number of alkyl halides is 1. The van der Waals surface area contributed by atoms with Crippen molar-refractivity contribution in [1.29, 1.82) is 5.26 Å². The molecule has 35 heavy (non-hydrogen) atoms. The lowest BCUT2D eigenvalue weighted by Gasteiger charge is -2.16. The third kappa shape index (κ3) is 6.62. The van der Waals surface area contributed by atoms with Crippen molar-refractivity contribution in [1.82, 2.24) is 4.72 Å². The predicted molar refractivity (Wildman–Crippen MR) is 148 cm³/mol. The van der Waals surface area contributed by atoms with Gasteiger partial charge >= 0.3 is 0 Å². The summed E-state index contributed by atoms with van der Waals surface area (Å²) in [4.78, 5) is 4.38. The Kier molecular flexibility index (Phi) is 8.50. The predicted octanol–water partition coefficient (Wildman–Crippen LogP) is 4.86. The van der Waals surface area contributed by atoms with Gasteiger partial charge in [-0.05, 0) is 64.0 Å². The molecule has 0 bridgehead atoms. The fraction of sp³-hybridized carbons (Fsp3) is 0.292. The van der Waals surface area contributed by atoms with Gasteiger partial charge in [0.25, 0.3) is 0 Å². The number of halogens is 3. The SMILES string of the molecule is CS(=O)(=O)NC1=IC=CC(COc2ccc3c(c2)CC[C@@H]3c2cc(Cl)c(OCCCl)c(C#N)c2)=N1. The molecule has 2 aromatic rings. The van der Waals surface area contributed by atoms with Crippen molar-refractivity contribution in [3.63, 3.8) is 0 Å². The molecule has 1 N–H and O–H groups in total. The van der Waals surface area contributed by atoms with Gasteiger partial charge < -0.3 is 9.47 Å². The first-order valence-electron chi connectivity index (χ1n) is 10.7. The van der Waals surface area contributed by atoms with Crippen LogP contribution in [0, 0.1) is 11.3 Å². The first kappa shape index (κ1) is 26.1.